The van der Waals surface area contributed by atoms with Crippen LogP contribution in [0.1, 0.15) is 56.4 Å². The van der Waals surface area contributed by atoms with Crippen molar-refractivity contribution >= 4 is 22.8 Å². The molecule has 0 saturated carbocycles. The van der Waals surface area contributed by atoms with Gasteiger partial charge < -0.3 is 10.4 Å². The van der Waals surface area contributed by atoms with Crippen molar-refractivity contribution in [3.05, 3.63) is 107 Å². The van der Waals surface area contributed by atoms with E-state index in [4.69, 9.17) is 0 Å². The van der Waals surface area contributed by atoms with Gasteiger partial charge in [-0.15, -0.1) is 0 Å². The predicted molar refractivity (Wildman–Crippen MR) is 135 cm³/mol. The van der Waals surface area contributed by atoms with Crippen LogP contribution in [0.5, 0.6) is 0 Å². The molecule has 4 aromatic rings. The van der Waals surface area contributed by atoms with Crippen molar-refractivity contribution in [3.8, 4) is 11.8 Å². The fourth-order valence-electron chi connectivity index (χ4n) is 3.74. The van der Waals surface area contributed by atoms with Gasteiger partial charge in [-0.05, 0) is 61.7 Å². The first-order valence-electron chi connectivity index (χ1n) is 11.4. The second-order valence-electron chi connectivity index (χ2n) is 8.35. The number of carboxylic acids is 1. The summed E-state index contributed by atoms with van der Waals surface area (Å²) in [4.78, 5) is 33.5. The number of fused-ring (bicyclic) bond motifs is 1. The van der Waals surface area contributed by atoms with Gasteiger partial charge in [-0.1, -0.05) is 48.6 Å². The van der Waals surface area contributed by atoms with Crippen LogP contribution in [-0.4, -0.2) is 33.0 Å². The van der Waals surface area contributed by atoms with Crippen molar-refractivity contribution in [1.82, 2.24) is 15.3 Å². The average molecular weight is 464 g/mol. The number of amides is 1. The van der Waals surface area contributed by atoms with E-state index in [0.717, 1.165) is 17.5 Å². The largest absolute Gasteiger partial charge is 0.478 e. The number of aromatic carboxylic acids is 1. The molecule has 1 amide bonds. The van der Waals surface area contributed by atoms with Crippen LogP contribution in [0.2, 0.25) is 0 Å². The number of hydrogen-bond acceptors (Lipinski definition) is 4. The van der Waals surface area contributed by atoms with Crippen LogP contribution in [0.4, 0.5) is 0 Å². The third kappa shape index (κ3) is 5.90. The van der Waals surface area contributed by atoms with Gasteiger partial charge in [0.15, 0.2) is 0 Å². The molecule has 2 aromatic carbocycles. The maximum absolute atomic E-state index is 13.0. The van der Waals surface area contributed by atoms with Crippen LogP contribution in [-0.2, 0) is 6.42 Å². The number of benzene rings is 2. The van der Waals surface area contributed by atoms with Crippen molar-refractivity contribution in [2.24, 2.45) is 0 Å². The minimum absolute atomic E-state index is 0.0109. The molecule has 6 nitrogen and oxygen atoms in total. The maximum Gasteiger partial charge on any atom is 0.336 e. The highest BCUT2D eigenvalue weighted by atomic mass is 16.4. The Hall–Kier alpha value is -4.50. The highest BCUT2D eigenvalue weighted by Gasteiger charge is 2.19. The lowest BCUT2D eigenvalue weighted by Gasteiger charge is -2.17. The van der Waals surface area contributed by atoms with Gasteiger partial charge in [0, 0.05) is 34.9 Å². The van der Waals surface area contributed by atoms with Gasteiger partial charge in [0.25, 0.3) is 5.91 Å². The van der Waals surface area contributed by atoms with Crippen LogP contribution < -0.4 is 5.32 Å². The SMILES string of the molecule is CC[C@H](Cc1ccc(C)cc1)NC(=O)c1cc(C(=O)O)c2cc(C#Cc3cccnc3)ccc2n1. The molecule has 0 aliphatic carbocycles. The van der Waals surface area contributed by atoms with Crippen molar-refractivity contribution in [3.63, 3.8) is 0 Å². The number of nitrogens with zero attached hydrogens (tertiary/aromatic N) is 2. The molecule has 1 atom stereocenters. The molecular weight excluding hydrogens is 438 g/mol. The van der Waals surface area contributed by atoms with E-state index in [-0.39, 0.29) is 17.3 Å². The third-order valence-corrected chi connectivity index (χ3v) is 5.72. The molecular formula is C29H25N3O3. The van der Waals surface area contributed by atoms with E-state index >= 15 is 0 Å². The van der Waals surface area contributed by atoms with Gasteiger partial charge >= 0.3 is 5.97 Å². The summed E-state index contributed by atoms with van der Waals surface area (Å²) in [7, 11) is 0. The molecule has 0 saturated heterocycles. The smallest absolute Gasteiger partial charge is 0.336 e. The quantitative estimate of drug-likeness (QED) is 0.401. The molecule has 0 radical (unpaired) electrons. The van der Waals surface area contributed by atoms with Gasteiger partial charge in [0.2, 0.25) is 0 Å². The molecule has 0 unspecified atom stereocenters. The number of hydrogen-bond donors (Lipinski definition) is 2. The highest BCUT2D eigenvalue weighted by molar-refractivity contribution is 6.06. The van der Waals surface area contributed by atoms with Crippen LogP contribution >= 0.6 is 0 Å². The number of carbonyl (C=O) groups excluding carboxylic acids is 1. The topological polar surface area (TPSA) is 92.2 Å². The molecule has 4 rings (SSSR count). The summed E-state index contributed by atoms with van der Waals surface area (Å²) < 4.78 is 0. The minimum Gasteiger partial charge on any atom is -0.478 e. The molecule has 0 spiro atoms. The number of aryl methyl sites for hydroxylation is 1. The van der Waals surface area contributed by atoms with Crippen LogP contribution in [0.3, 0.4) is 0 Å². The average Bonchev–Trinajstić information content (AvgIpc) is 2.88. The Kier molecular flexibility index (Phi) is 7.18. The normalized spacial score (nSPS) is 11.4. The van der Waals surface area contributed by atoms with Crippen molar-refractivity contribution in [2.45, 2.75) is 32.7 Å². The second kappa shape index (κ2) is 10.6. The molecule has 174 valence electrons. The fraction of sp³-hybridized carbons (Fsp3) is 0.172. The zero-order valence-electron chi connectivity index (χ0n) is 19.6. The highest BCUT2D eigenvalue weighted by Crippen LogP contribution is 2.21. The fourth-order valence-corrected chi connectivity index (χ4v) is 3.74. The van der Waals surface area contributed by atoms with E-state index in [0.29, 0.717) is 22.9 Å². The molecule has 0 bridgehead atoms. The van der Waals surface area contributed by atoms with E-state index in [1.165, 1.54) is 11.6 Å². The zero-order chi connectivity index (χ0) is 24.8. The molecule has 2 heterocycles. The molecule has 2 N–H and O–H groups in total. The Morgan fingerprint density at radius 2 is 1.80 bits per heavy atom. The lowest BCUT2D eigenvalue weighted by atomic mass is 10.0. The van der Waals surface area contributed by atoms with Crippen molar-refractivity contribution < 1.29 is 14.7 Å². The zero-order valence-corrected chi connectivity index (χ0v) is 19.6. The van der Waals surface area contributed by atoms with Gasteiger partial charge in [0.1, 0.15) is 5.69 Å². The Labute approximate surface area is 204 Å². The van der Waals surface area contributed by atoms with E-state index in [1.54, 1.807) is 36.7 Å². The van der Waals surface area contributed by atoms with Crippen LogP contribution in [0, 0.1) is 18.8 Å². The van der Waals surface area contributed by atoms with Crippen LogP contribution in [0.15, 0.2) is 73.1 Å². The number of rotatable bonds is 6. The molecule has 0 fully saturated rings. The predicted octanol–water partition coefficient (Wildman–Crippen LogP) is 4.79. The molecule has 35 heavy (non-hydrogen) atoms. The van der Waals surface area contributed by atoms with Gasteiger partial charge in [-0.2, -0.15) is 0 Å². The number of nitrogens with one attached hydrogen (secondary N) is 1. The summed E-state index contributed by atoms with van der Waals surface area (Å²) in [5.41, 5.74) is 4.22. The van der Waals surface area contributed by atoms with Gasteiger partial charge in [0.05, 0.1) is 11.1 Å². The van der Waals surface area contributed by atoms with Crippen LogP contribution in [0.25, 0.3) is 10.9 Å². The summed E-state index contributed by atoms with van der Waals surface area (Å²) in [5, 5.41) is 13.3. The monoisotopic (exact) mass is 463 g/mol. The third-order valence-electron chi connectivity index (χ3n) is 5.72. The number of aromatic nitrogens is 2. The summed E-state index contributed by atoms with van der Waals surface area (Å²) in [6.45, 7) is 4.04. The van der Waals surface area contributed by atoms with Gasteiger partial charge in [-0.25, -0.2) is 9.78 Å². The maximum atomic E-state index is 13.0. The number of carboxylic acid groups (broad SMARTS) is 1. The summed E-state index contributed by atoms with van der Waals surface area (Å²) in [5.74, 6) is 4.51. The Morgan fingerprint density at radius 1 is 1.03 bits per heavy atom. The van der Waals surface area contributed by atoms with E-state index < -0.39 is 11.9 Å². The Balaban J connectivity index is 1.60. The van der Waals surface area contributed by atoms with E-state index in [2.05, 4.69) is 39.3 Å². The lowest BCUT2D eigenvalue weighted by Crippen LogP contribution is -2.36. The first kappa shape index (κ1) is 23.7. The number of carbonyl (C=O) groups is 2. The molecule has 0 aliphatic heterocycles. The first-order chi connectivity index (χ1) is 16.9. The summed E-state index contributed by atoms with van der Waals surface area (Å²) in [6.07, 6.45) is 4.75. The molecule has 0 aliphatic rings. The standard InChI is InChI=1S/C29H25N3O3/c1-3-23(15-20-8-6-19(2)7-9-20)31-28(33)27-17-25(29(34)35)24-16-21(12-13-26(24)32-27)10-11-22-5-4-14-30-18-22/h4-9,12-14,16-18,23H,3,15H2,1-2H3,(H,31,33)(H,34,35)/t23-/m1/s1. The summed E-state index contributed by atoms with van der Waals surface area (Å²) >= 11 is 0. The minimum atomic E-state index is -1.13. The Morgan fingerprint density at radius 3 is 2.49 bits per heavy atom. The van der Waals surface area contributed by atoms with Crippen molar-refractivity contribution in [1.29, 1.82) is 0 Å². The molecule has 6 heteroatoms. The van der Waals surface area contributed by atoms with E-state index in [9.17, 15) is 14.7 Å². The first-order valence-corrected chi connectivity index (χ1v) is 11.4. The summed E-state index contributed by atoms with van der Waals surface area (Å²) in [6, 6.07) is 18.2. The van der Waals surface area contributed by atoms with Gasteiger partial charge in [-0.3, -0.25) is 9.78 Å². The second-order valence-corrected chi connectivity index (χ2v) is 8.35. The van der Waals surface area contributed by atoms with E-state index in [1.807, 2.05) is 32.0 Å². The number of pyridine rings is 2. The molecule has 2 aromatic heterocycles. The Bertz CT molecular complexity index is 1440. The lowest BCUT2D eigenvalue weighted by molar-refractivity contribution is 0.0699. The van der Waals surface area contributed by atoms with Crippen molar-refractivity contribution in [2.75, 3.05) is 0 Å².